The largest absolute Gasteiger partial charge is 0.395 e. The molecular weight excluding hydrogens is 1240 g/mol. The van der Waals surface area contributed by atoms with E-state index in [1.54, 1.807) is 123 Å². The van der Waals surface area contributed by atoms with Crippen molar-refractivity contribution in [3.8, 4) is 17.1 Å². The molecule has 0 spiro atoms. The Hall–Kier alpha value is -10.2. The van der Waals surface area contributed by atoms with Crippen molar-refractivity contribution in [2.45, 2.75) is 37.8 Å². The number of rotatable bonds is 13. The highest BCUT2D eigenvalue weighted by molar-refractivity contribution is 6.34. The van der Waals surface area contributed by atoms with Gasteiger partial charge in [0.15, 0.2) is 16.8 Å². The molecule has 9 aromatic heterocycles. The first-order chi connectivity index (χ1) is 43.1. The van der Waals surface area contributed by atoms with Crippen molar-refractivity contribution in [1.82, 2.24) is 77.8 Å². The van der Waals surface area contributed by atoms with Gasteiger partial charge in [0, 0.05) is 64.9 Å². The molecule has 13 N–H and O–H groups in total. The van der Waals surface area contributed by atoms with Crippen LogP contribution in [0.2, 0.25) is 15.7 Å². The number of halogens is 4. The number of aromatic nitrogens is 15. The minimum absolute atomic E-state index is 0. The topological polar surface area (TPSA) is 379 Å². The van der Waals surface area contributed by atoms with E-state index in [1.807, 2.05) is 75.0 Å². The van der Waals surface area contributed by atoms with Crippen molar-refractivity contribution in [2.24, 2.45) is 17.2 Å². The van der Waals surface area contributed by atoms with Gasteiger partial charge in [0.2, 0.25) is 34.2 Å². The fraction of sp³-hybridized carbons (Fsp3) is 0.172. The number of fused-ring (bicyclic) bond motifs is 3. The fourth-order valence-electron chi connectivity index (χ4n) is 9.38. The predicted molar refractivity (Wildman–Crippen MR) is 344 cm³/mol. The zero-order valence-corrected chi connectivity index (χ0v) is 50.6. The van der Waals surface area contributed by atoms with Crippen molar-refractivity contribution < 1.29 is 24.6 Å². The van der Waals surface area contributed by atoms with Crippen LogP contribution in [0, 0.1) is 0 Å². The zero-order valence-electron chi connectivity index (χ0n) is 47.5. The molecule has 11 heterocycles. The number of nitrogens with one attached hydrogen (secondary N) is 3. The average molecular weight is 1300 g/mol. The summed E-state index contributed by atoms with van der Waals surface area (Å²) in [7, 11) is 0. The molecule has 90 heavy (non-hydrogen) atoms. The van der Waals surface area contributed by atoms with Crippen LogP contribution in [0.3, 0.4) is 0 Å². The standard InChI is InChI=1S/C21H22N8O2.C16H12ClN7O.C10H10N4O.C6H3Cl2N3.C5H11NO.ClH/c22-19(31)14-5-7-15(8-6-14)27-11-18(23-13-27)24-20-17-4-2-10-29(17)26-21(25-20)28-9-1-3-16(28)12-30;17-16-21-15(12-2-1-7-24(12)22-16)20-13-8-23(9-19-13)11-5-3-10(4-6-11)14(18)25;11-9-5-14(6-13-9)8-3-1-7(2-4-8)10(12)15;7-5-4-2-1-3-11(4)10-6(8)9-5;7-4-5-2-1-3-6-5;/h2,4-8,10-11,13,16,30H,1,3,9,12H2,(H2,22,31)(H,24,25,26);1-9H,(H2,18,25)(H,20,21,22);1-6H,11H2,(H2,12,15);1-3H;5-7H,1-4H2;1H/t16-;;;;5-;/m0...0./s1. The maximum atomic E-state index is 11.3. The minimum atomic E-state index is -0.462. The van der Waals surface area contributed by atoms with Gasteiger partial charge in [0.25, 0.3) is 0 Å². The lowest BCUT2D eigenvalue weighted by Crippen LogP contribution is -2.34. The Morgan fingerprint density at radius 2 is 1.01 bits per heavy atom. The van der Waals surface area contributed by atoms with Crippen LogP contribution in [-0.2, 0) is 0 Å². The van der Waals surface area contributed by atoms with E-state index in [4.69, 9.17) is 67.8 Å². The quantitative estimate of drug-likeness (QED) is 0.0568. The van der Waals surface area contributed by atoms with Crippen LogP contribution in [0.25, 0.3) is 33.6 Å². The number of nitrogen functional groups attached to an aromatic ring is 1. The second-order valence-electron chi connectivity index (χ2n) is 19.8. The number of hydrogen-bond acceptors (Lipinski definition) is 19. The first-order valence-corrected chi connectivity index (χ1v) is 28.6. The van der Waals surface area contributed by atoms with Gasteiger partial charge in [-0.25, -0.2) is 33.5 Å². The third-order valence-corrected chi connectivity index (χ3v) is 14.5. The maximum Gasteiger partial charge on any atom is 0.248 e. The number of carbonyl (C=O) groups excluding carboxylic acids is 3. The molecule has 12 aromatic rings. The van der Waals surface area contributed by atoms with Crippen molar-refractivity contribution >= 4 is 117 Å². The lowest BCUT2D eigenvalue weighted by molar-refractivity contribution is 0.0992. The Kier molecular flexibility index (Phi) is 21.2. The molecule has 0 unspecified atom stereocenters. The van der Waals surface area contributed by atoms with E-state index in [0.29, 0.717) is 69.5 Å². The van der Waals surface area contributed by atoms with Gasteiger partial charge < -0.3 is 67.7 Å². The molecular formula is C58H59Cl4N23O5. The summed E-state index contributed by atoms with van der Waals surface area (Å²) in [5.74, 6) is 2.06. The Morgan fingerprint density at radius 3 is 1.46 bits per heavy atom. The molecule has 28 nitrogen and oxygen atoms in total. The van der Waals surface area contributed by atoms with Crippen LogP contribution in [-0.4, -0.2) is 139 Å². The van der Waals surface area contributed by atoms with Gasteiger partial charge in [-0.1, -0.05) is 11.6 Å². The normalized spacial score (nSPS) is 14.0. The number of anilines is 6. The number of imidazole rings is 3. The van der Waals surface area contributed by atoms with Gasteiger partial charge in [-0.3, -0.25) is 14.4 Å². The number of nitrogens with zero attached hydrogens (tertiary/aromatic N) is 16. The lowest BCUT2D eigenvalue weighted by Gasteiger charge is -2.23. The molecule has 14 rings (SSSR count). The molecule has 2 saturated heterocycles. The Balaban J connectivity index is 0.000000144. The summed E-state index contributed by atoms with van der Waals surface area (Å²) in [6.07, 6.45) is 20.0. The van der Waals surface area contributed by atoms with Gasteiger partial charge in [0.1, 0.15) is 53.0 Å². The van der Waals surface area contributed by atoms with Crippen LogP contribution < -0.4 is 43.8 Å². The highest BCUT2D eigenvalue weighted by Gasteiger charge is 2.27. The number of aliphatic hydroxyl groups excluding tert-OH is 2. The van der Waals surface area contributed by atoms with E-state index < -0.39 is 17.7 Å². The van der Waals surface area contributed by atoms with Gasteiger partial charge >= 0.3 is 0 Å². The molecule has 3 amide bonds. The molecule has 32 heteroatoms. The SMILES string of the molecule is Cl.Clc1nc(Cl)c2cccn2n1.NC(=O)c1ccc(-n2cnc(N)c2)cc1.NC(=O)c1ccc(-n2cnc(Nc3nc(Cl)nn4cccc34)c2)cc1.NC(=O)c1ccc(-n2cnc(Nc3nc(N4CCC[C@H]4CO)nn4cccc34)c2)cc1.OC[C@@H]1CCCN1. The van der Waals surface area contributed by atoms with Crippen molar-refractivity contribution in [2.75, 3.05) is 47.6 Å². The molecule has 464 valence electrons. The first-order valence-electron chi connectivity index (χ1n) is 27.5. The predicted octanol–water partition coefficient (Wildman–Crippen LogP) is 6.87. The number of nitrogens with two attached hydrogens (primary N) is 4. The molecule has 3 aromatic carbocycles. The minimum Gasteiger partial charge on any atom is -0.395 e. The van der Waals surface area contributed by atoms with Gasteiger partial charge in [-0.15, -0.1) is 27.7 Å². The third kappa shape index (κ3) is 15.9. The number of aliphatic hydroxyl groups is 2. The van der Waals surface area contributed by atoms with Crippen LogP contribution in [0.15, 0.2) is 165 Å². The van der Waals surface area contributed by atoms with E-state index >= 15 is 0 Å². The van der Waals surface area contributed by atoms with E-state index in [2.05, 4.69) is 56.2 Å². The Labute approximate surface area is 533 Å². The summed E-state index contributed by atoms with van der Waals surface area (Å²) in [5, 5.41) is 41.0. The number of hydrogen-bond donors (Lipinski definition) is 9. The second-order valence-corrected chi connectivity index (χ2v) is 20.9. The number of amides is 3. The van der Waals surface area contributed by atoms with Gasteiger partial charge in [0.05, 0.1) is 37.8 Å². The van der Waals surface area contributed by atoms with Gasteiger partial charge in [-0.2, -0.15) is 9.97 Å². The van der Waals surface area contributed by atoms with E-state index in [0.717, 1.165) is 66.0 Å². The van der Waals surface area contributed by atoms with E-state index in [9.17, 15) is 19.5 Å². The zero-order chi connectivity index (χ0) is 62.6. The smallest absolute Gasteiger partial charge is 0.248 e. The highest BCUT2D eigenvalue weighted by Crippen LogP contribution is 2.28. The van der Waals surface area contributed by atoms with Crippen LogP contribution in [0.4, 0.5) is 35.0 Å². The van der Waals surface area contributed by atoms with Crippen molar-refractivity contribution in [3.63, 3.8) is 0 Å². The summed E-state index contributed by atoms with van der Waals surface area (Å²) in [5.41, 5.74) is 27.5. The van der Waals surface area contributed by atoms with E-state index in [1.165, 1.54) is 6.42 Å². The summed E-state index contributed by atoms with van der Waals surface area (Å²) < 4.78 is 10.4. The number of carbonyl (C=O) groups is 3. The Morgan fingerprint density at radius 1 is 0.556 bits per heavy atom. The second kappa shape index (κ2) is 29.7. The van der Waals surface area contributed by atoms with Crippen molar-refractivity contribution in [1.29, 1.82) is 0 Å². The monoisotopic (exact) mass is 1300 g/mol. The lowest BCUT2D eigenvalue weighted by atomic mass is 10.2. The highest BCUT2D eigenvalue weighted by atomic mass is 35.5. The molecule has 0 bridgehead atoms. The van der Waals surface area contributed by atoms with Gasteiger partial charge in [-0.05, 0) is 165 Å². The maximum absolute atomic E-state index is 11.3. The molecule has 0 saturated carbocycles. The van der Waals surface area contributed by atoms with Crippen molar-refractivity contribution in [3.05, 3.63) is 198 Å². The first kappa shape index (κ1) is 64.3. The molecule has 0 aliphatic carbocycles. The third-order valence-electron chi connectivity index (χ3n) is 13.9. The van der Waals surface area contributed by atoms with E-state index in [-0.39, 0.29) is 35.6 Å². The summed E-state index contributed by atoms with van der Waals surface area (Å²) in [6, 6.07) is 32.4. The molecule has 2 aliphatic heterocycles. The summed E-state index contributed by atoms with van der Waals surface area (Å²) >= 11 is 17.2. The van der Waals surface area contributed by atoms with Crippen LogP contribution >= 0.6 is 47.2 Å². The molecule has 2 aliphatic rings. The average Bonchev–Trinajstić information content (AvgIpc) is 2.20. The summed E-state index contributed by atoms with van der Waals surface area (Å²) in [4.78, 5) is 60.6. The van der Waals surface area contributed by atoms with Crippen LogP contribution in [0.5, 0.6) is 0 Å². The Bertz CT molecular complexity index is 4370. The number of benzene rings is 3. The molecule has 2 atom stereocenters. The number of primary amides is 3. The summed E-state index contributed by atoms with van der Waals surface area (Å²) in [6.45, 7) is 2.29. The van der Waals surface area contributed by atoms with Crippen LogP contribution in [0.1, 0.15) is 56.8 Å². The molecule has 2 fully saturated rings. The molecule has 0 radical (unpaired) electrons. The fourth-order valence-corrected chi connectivity index (χ4v) is 9.99.